The van der Waals surface area contributed by atoms with E-state index in [9.17, 15) is 34.8 Å². The maximum Gasteiger partial charge on any atom is 0.209 e. The molecule has 0 saturated carbocycles. The molecule has 248 valence electrons. The molecule has 7 nitrogen and oxygen atoms in total. The van der Waals surface area contributed by atoms with Crippen LogP contribution in [0.1, 0.15) is 140 Å². The fraction of sp³-hybridized carbons (Fsp3) is 0.658. The van der Waals surface area contributed by atoms with Crippen LogP contribution in [-0.4, -0.2) is 43.4 Å². The van der Waals surface area contributed by atoms with Gasteiger partial charge in [0.25, 0.3) is 0 Å². The quantitative estimate of drug-likeness (QED) is 0.184. The minimum absolute atomic E-state index is 0.0549. The Balaban J connectivity index is 1.97. The number of carbonyl (C=O) groups is 3. The number of aliphatic hydroxyl groups excluding tert-OH is 2. The summed E-state index contributed by atoms with van der Waals surface area (Å²) in [6, 6.07) is 2.06. The molecule has 4 rings (SSSR count). The molecule has 3 aliphatic carbocycles. The minimum atomic E-state index is -2.60. The smallest absolute Gasteiger partial charge is 0.209 e. The summed E-state index contributed by atoms with van der Waals surface area (Å²) in [6.45, 7) is 16.8. The van der Waals surface area contributed by atoms with Gasteiger partial charge in [0.05, 0.1) is 5.56 Å². The second-order valence-corrected chi connectivity index (χ2v) is 15.3. The number of hydrogen-bond donors (Lipinski definition) is 4. The minimum Gasteiger partial charge on any atom is -0.511 e. The van der Waals surface area contributed by atoms with Gasteiger partial charge < -0.3 is 20.4 Å². The molecule has 1 unspecified atom stereocenters. The van der Waals surface area contributed by atoms with Crippen LogP contribution >= 0.6 is 0 Å². The number of Topliss-reactive ketones (excluding diaryl/α,β-unsaturated/α-hetero) is 3. The Labute approximate surface area is 268 Å². The van der Waals surface area contributed by atoms with Crippen LogP contribution in [0.4, 0.5) is 0 Å². The first kappa shape index (κ1) is 34.9. The van der Waals surface area contributed by atoms with Crippen molar-refractivity contribution >= 4 is 17.3 Å². The second kappa shape index (κ2) is 12.4. The Morgan fingerprint density at radius 2 is 1.58 bits per heavy atom. The van der Waals surface area contributed by atoms with Gasteiger partial charge in [-0.2, -0.15) is 0 Å². The fourth-order valence-corrected chi connectivity index (χ4v) is 9.20. The number of benzene rings is 1. The maximum atomic E-state index is 14.6. The zero-order valence-corrected chi connectivity index (χ0v) is 28.8. The Morgan fingerprint density at radius 1 is 1.00 bits per heavy atom. The molecule has 7 heteroatoms. The summed E-state index contributed by atoms with van der Waals surface area (Å²) in [7, 11) is 0. The Morgan fingerprint density at radius 3 is 2.07 bits per heavy atom. The fourth-order valence-electron chi connectivity index (χ4n) is 9.20. The van der Waals surface area contributed by atoms with Crippen molar-refractivity contribution in [2.75, 3.05) is 0 Å². The van der Waals surface area contributed by atoms with Crippen LogP contribution in [0.3, 0.4) is 0 Å². The van der Waals surface area contributed by atoms with Crippen molar-refractivity contribution in [3.8, 4) is 5.75 Å². The summed E-state index contributed by atoms with van der Waals surface area (Å²) >= 11 is 0. The van der Waals surface area contributed by atoms with Crippen LogP contribution < -0.4 is 0 Å². The molecule has 0 amide bonds. The van der Waals surface area contributed by atoms with E-state index in [1.165, 1.54) is 0 Å². The number of unbranched alkanes of at least 4 members (excludes halogenated alkanes) is 2. The average molecular weight is 623 g/mol. The van der Waals surface area contributed by atoms with Crippen LogP contribution in [0.15, 0.2) is 28.7 Å². The van der Waals surface area contributed by atoms with Crippen molar-refractivity contribution < 1.29 is 34.8 Å². The van der Waals surface area contributed by atoms with Gasteiger partial charge >= 0.3 is 0 Å². The molecule has 0 saturated heterocycles. The summed E-state index contributed by atoms with van der Waals surface area (Å²) in [6.07, 6.45) is 7.44. The van der Waals surface area contributed by atoms with Crippen molar-refractivity contribution in [1.82, 2.24) is 0 Å². The molecule has 0 bridgehead atoms. The van der Waals surface area contributed by atoms with Crippen LogP contribution in [0.2, 0.25) is 0 Å². The molecule has 1 aromatic rings. The predicted molar refractivity (Wildman–Crippen MR) is 176 cm³/mol. The van der Waals surface area contributed by atoms with E-state index in [0.29, 0.717) is 24.3 Å². The number of aliphatic hydroxyl groups is 3. The molecule has 0 heterocycles. The van der Waals surface area contributed by atoms with E-state index in [-0.39, 0.29) is 40.9 Å². The lowest BCUT2D eigenvalue weighted by Crippen LogP contribution is -2.67. The lowest BCUT2D eigenvalue weighted by Gasteiger charge is -2.59. The number of carbonyl (C=O) groups excluding carboxylic acids is 3. The molecule has 0 aliphatic heterocycles. The zero-order chi connectivity index (χ0) is 33.8. The van der Waals surface area contributed by atoms with Gasteiger partial charge in [0.2, 0.25) is 5.78 Å². The van der Waals surface area contributed by atoms with Gasteiger partial charge in [-0.15, -0.1) is 0 Å². The van der Waals surface area contributed by atoms with Gasteiger partial charge in [-0.25, -0.2) is 0 Å². The summed E-state index contributed by atoms with van der Waals surface area (Å²) in [5.41, 5.74) is -3.11. The number of ketones is 3. The second-order valence-electron chi connectivity index (χ2n) is 15.3. The van der Waals surface area contributed by atoms with Crippen LogP contribution in [0, 0.1) is 28.6 Å². The average Bonchev–Trinajstić information content (AvgIpc) is 2.92. The Kier molecular flexibility index (Phi) is 9.59. The predicted octanol–water partition coefficient (Wildman–Crippen LogP) is 8.01. The highest BCUT2D eigenvalue weighted by Gasteiger charge is 2.71. The summed E-state index contributed by atoms with van der Waals surface area (Å²) in [5, 5.41) is 47.5. The molecular weight excluding hydrogens is 568 g/mol. The van der Waals surface area contributed by atoms with Gasteiger partial charge in [-0.05, 0) is 60.6 Å². The van der Waals surface area contributed by atoms with Crippen LogP contribution in [0.25, 0.3) is 0 Å². The Hall–Kier alpha value is -2.93. The first-order valence-electron chi connectivity index (χ1n) is 17.0. The molecule has 1 aromatic carbocycles. The third-order valence-electron chi connectivity index (χ3n) is 11.2. The SMILES string of the molecule is CCCCC(CCCC)Cc1cc(C(C)C)c2c(c1O)C(=O)C1=C(O)[C@@]3(O)C(=O)C(C(C)=O)=C(O)C(C(C)C)[C@@]3(C)C[C@@]1(C)C2. The van der Waals surface area contributed by atoms with Crippen molar-refractivity contribution in [1.29, 1.82) is 0 Å². The molecule has 4 atom stereocenters. The molecular formula is C38H54O7. The monoisotopic (exact) mass is 622 g/mol. The van der Waals surface area contributed by atoms with Crippen LogP contribution in [0.5, 0.6) is 5.75 Å². The molecule has 0 fully saturated rings. The van der Waals surface area contributed by atoms with E-state index in [4.69, 9.17) is 0 Å². The Bertz CT molecular complexity index is 1450. The van der Waals surface area contributed by atoms with E-state index in [1.54, 1.807) is 6.92 Å². The van der Waals surface area contributed by atoms with Crippen LogP contribution in [-0.2, 0) is 22.4 Å². The first-order chi connectivity index (χ1) is 20.9. The van der Waals surface area contributed by atoms with Gasteiger partial charge in [0, 0.05) is 22.3 Å². The summed E-state index contributed by atoms with van der Waals surface area (Å²) in [5.74, 6) is -4.35. The normalized spacial score (nSPS) is 28.2. The van der Waals surface area contributed by atoms with Gasteiger partial charge in [0.15, 0.2) is 17.2 Å². The number of allylic oxidation sites excluding steroid dienone is 2. The third kappa shape index (κ3) is 5.27. The highest BCUT2D eigenvalue weighted by atomic mass is 16.3. The molecule has 0 aromatic heterocycles. The number of hydrogen-bond acceptors (Lipinski definition) is 7. The van der Waals surface area contributed by atoms with E-state index in [1.807, 2.05) is 20.8 Å². The molecule has 0 radical (unpaired) electrons. The molecule has 3 aliphatic rings. The van der Waals surface area contributed by atoms with Crippen molar-refractivity contribution in [2.45, 2.75) is 132 Å². The molecule has 45 heavy (non-hydrogen) atoms. The van der Waals surface area contributed by atoms with E-state index in [2.05, 4.69) is 33.8 Å². The highest BCUT2D eigenvalue weighted by Crippen LogP contribution is 2.65. The first-order valence-corrected chi connectivity index (χ1v) is 17.0. The zero-order valence-electron chi connectivity index (χ0n) is 28.8. The van der Waals surface area contributed by atoms with Crippen molar-refractivity contribution in [3.05, 3.63) is 51.0 Å². The van der Waals surface area contributed by atoms with Crippen molar-refractivity contribution in [2.24, 2.45) is 28.6 Å². The van der Waals surface area contributed by atoms with E-state index >= 15 is 0 Å². The van der Waals surface area contributed by atoms with Gasteiger partial charge in [0.1, 0.15) is 22.8 Å². The molecule has 4 N–H and O–H groups in total. The van der Waals surface area contributed by atoms with Crippen molar-refractivity contribution in [3.63, 3.8) is 0 Å². The standard InChI is InChI=1S/C38H54O7/c1-10-12-14-23(15-13-11-2)16-24-17-25(20(3)4)26-18-36(8)19-37(9)29(21(5)6)32(41)27(22(7)39)34(43)38(37,45)35(44)30(36)33(42)28(26)31(24)40/h17,20-21,23,29,40-41,44-45H,10-16,18-19H2,1-9H3/t29?,36-,37-,38+/m1/s1. The number of rotatable bonds is 11. The van der Waals surface area contributed by atoms with Gasteiger partial charge in [-0.3, -0.25) is 14.4 Å². The molecule has 0 spiro atoms. The maximum absolute atomic E-state index is 14.6. The number of phenolic OH excluding ortho intramolecular Hbond substituents is 1. The van der Waals surface area contributed by atoms with Gasteiger partial charge in [-0.1, -0.05) is 100.0 Å². The highest BCUT2D eigenvalue weighted by molar-refractivity contribution is 6.25. The summed E-state index contributed by atoms with van der Waals surface area (Å²) < 4.78 is 0. The van der Waals surface area contributed by atoms with E-state index < -0.39 is 51.0 Å². The summed E-state index contributed by atoms with van der Waals surface area (Å²) in [4.78, 5) is 41.2. The van der Waals surface area contributed by atoms with E-state index in [0.717, 1.165) is 56.6 Å². The third-order valence-corrected chi connectivity index (χ3v) is 11.2. The number of phenols is 1. The largest absolute Gasteiger partial charge is 0.511 e. The number of aromatic hydroxyl groups is 1. The lowest BCUT2D eigenvalue weighted by atomic mass is 9.44. The number of fused-ring (bicyclic) bond motifs is 3. The topological polar surface area (TPSA) is 132 Å². The lowest BCUT2D eigenvalue weighted by molar-refractivity contribution is -0.171.